The summed E-state index contributed by atoms with van der Waals surface area (Å²) in [6.45, 7) is 20.6. The van der Waals surface area contributed by atoms with Gasteiger partial charge in [0.05, 0.1) is 0 Å². The van der Waals surface area contributed by atoms with Crippen LogP contribution in [0.15, 0.2) is 12.1 Å². The normalized spacial score (nSPS) is 8.37. The second-order valence-corrected chi connectivity index (χ2v) is 4.24. The predicted molar refractivity (Wildman–Crippen MR) is 92.9 cm³/mol. The summed E-state index contributed by atoms with van der Waals surface area (Å²) in [6, 6.07) is 4.39. The molecular formula is C18H37N. The molecule has 1 heteroatoms. The van der Waals surface area contributed by atoms with Gasteiger partial charge >= 0.3 is 0 Å². The highest BCUT2D eigenvalue weighted by Crippen LogP contribution is 2.20. The lowest BCUT2D eigenvalue weighted by atomic mass is 9.98. The molecule has 0 heterocycles. The van der Waals surface area contributed by atoms with Gasteiger partial charge in [0.1, 0.15) is 0 Å². The maximum absolute atomic E-state index is 5.88. The molecule has 0 aliphatic rings. The molecule has 114 valence electrons. The van der Waals surface area contributed by atoms with Crippen molar-refractivity contribution >= 4 is 5.69 Å². The van der Waals surface area contributed by atoms with Gasteiger partial charge in [-0.2, -0.15) is 0 Å². The average molecular weight is 268 g/mol. The Morgan fingerprint density at radius 1 is 0.842 bits per heavy atom. The third-order valence-electron chi connectivity index (χ3n) is 2.30. The maximum atomic E-state index is 5.88. The van der Waals surface area contributed by atoms with Crippen LogP contribution in [0.4, 0.5) is 5.69 Å². The summed E-state index contributed by atoms with van der Waals surface area (Å²) in [5.41, 5.74) is 10.6. The van der Waals surface area contributed by atoms with Crippen molar-refractivity contribution in [1.29, 1.82) is 0 Å². The minimum atomic E-state index is 0.711. The van der Waals surface area contributed by atoms with E-state index in [-0.39, 0.29) is 0 Å². The molecule has 1 aromatic rings. The Balaban J connectivity index is -0.000000375. The van der Waals surface area contributed by atoms with Gasteiger partial charge in [0, 0.05) is 5.69 Å². The summed E-state index contributed by atoms with van der Waals surface area (Å²) in [5.74, 6) is 0.711. The first-order chi connectivity index (χ1) is 9.00. The van der Waals surface area contributed by atoms with Crippen LogP contribution in [0.3, 0.4) is 0 Å². The molecule has 2 N–H and O–H groups in total. The number of hydrogen-bond donors (Lipinski definition) is 1. The molecule has 0 aromatic heterocycles. The summed E-state index contributed by atoms with van der Waals surface area (Å²) in [5, 5.41) is 0. The van der Waals surface area contributed by atoms with Crippen LogP contribution < -0.4 is 5.73 Å². The van der Waals surface area contributed by atoms with E-state index in [1.54, 1.807) is 0 Å². The molecule has 1 rings (SSSR count). The summed E-state index contributed by atoms with van der Waals surface area (Å²) >= 11 is 0. The van der Waals surface area contributed by atoms with E-state index in [1.807, 2.05) is 41.5 Å². The highest BCUT2D eigenvalue weighted by molar-refractivity contribution is 5.54. The molecule has 0 atom stereocenters. The van der Waals surface area contributed by atoms with Gasteiger partial charge in [-0.3, -0.25) is 0 Å². The molecule has 0 amide bonds. The Kier molecular flexibility index (Phi) is 18.4. The molecular weight excluding hydrogens is 230 g/mol. The minimum absolute atomic E-state index is 0.711. The Hall–Kier alpha value is -0.980. The molecule has 19 heavy (non-hydrogen) atoms. The standard InChI is InChI=1S/C12H19N.3C2H6/c1-8(2)5-11-6-9(3)12(13)10(4)7-11;3*1-2/h6-8H,5,13H2,1-4H3;3*1-2H3. The van der Waals surface area contributed by atoms with Gasteiger partial charge in [-0.25, -0.2) is 0 Å². The molecule has 1 aromatic carbocycles. The van der Waals surface area contributed by atoms with Gasteiger partial charge in [-0.15, -0.1) is 0 Å². The van der Waals surface area contributed by atoms with Gasteiger partial charge in [0.2, 0.25) is 0 Å². The zero-order valence-corrected chi connectivity index (χ0v) is 15.0. The number of aryl methyl sites for hydroxylation is 2. The van der Waals surface area contributed by atoms with E-state index < -0.39 is 0 Å². The van der Waals surface area contributed by atoms with Crippen LogP contribution in [0, 0.1) is 19.8 Å². The van der Waals surface area contributed by atoms with Crippen molar-refractivity contribution < 1.29 is 0 Å². The molecule has 0 saturated heterocycles. The van der Waals surface area contributed by atoms with Gasteiger partial charge in [-0.05, 0) is 42.9 Å². The third-order valence-corrected chi connectivity index (χ3v) is 2.30. The molecule has 0 saturated carbocycles. The quantitative estimate of drug-likeness (QED) is 0.638. The highest BCUT2D eigenvalue weighted by atomic mass is 14.6. The number of nitrogens with two attached hydrogens (primary N) is 1. The topological polar surface area (TPSA) is 26.0 Å². The molecule has 0 aliphatic carbocycles. The lowest BCUT2D eigenvalue weighted by Crippen LogP contribution is -1.99. The highest BCUT2D eigenvalue weighted by Gasteiger charge is 2.03. The number of benzene rings is 1. The minimum Gasteiger partial charge on any atom is -0.398 e. The zero-order valence-electron chi connectivity index (χ0n) is 15.0. The second-order valence-electron chi connectivity index (χ2n) is 4.24. The lowest BCUT2D eigenvalue weighted by Gasteiger charge is -2.10. The molecule has 0 bridgehead atoms. The Morgan fingerprint density at radius 2 is 1.16 bits per heavy atom. The molecule has 0 radical (unpaired) electrons. The van der Waals surface area contributed by atoms with Crippen LogP contribution in [-0.4, -0.2) is 0 Å². The van der Waals surface area contributed by atoms with Gasteiger partial charge in [0.15, 0.2) is 0 Å². The van der Waals surface area contributed by atoms with E-state index in [9.17, 15) is 0 Å². The first kappa shape index (κ1) is 23.1. The number of rotatable bonds is 2. The molecule has 0 aliphatic heterocycles. The molecule has 0 fully saturated rings. The van der Waals surface area contributed by atoms with Crippen LogP contribution in [0.1, 0.15) is 72.1 Å². The summed E-state index contributed by atoms with van der Waals surface area (Å²) < 4.78 is 0. The van der Waals surface area contributed by atoms with Crippen molar-refractivity contribution in [1.82, 2.24) is 0 Å². The van der Waals surface area contributed by atoms with Crippen molar-refractivity contribution in [2.24, 2.45) is 5.92 Å². The zero-order chi connectivity index (χ0) is 16.0. The van der Waals surface area contributed by atoms with Gasteiger partial charge < -0.3 is 5.73 Å². The Morgan fingerprint density at radius 3 is 1.42 bits per heavy atom. The van der Waals surface area contributed by atoms with E-state index in [0.717, 1.165) is 12.1 Å². The SMILES string of the molecule is CC.CC.CC.Cc1cc(CC(C)C)cc(C)c1N. The summed E-state index contributed by atoms with van der Waals surface area (Å²) in [6.07, 6.45) is 1.14. The lowest BCUT2D eigenvalue weighted by molar-refractivity contribution is 0.647. The van der Waals surface area contributed by atoms with Crippen LogP contribution >= 0.6 is 0 Å². The van der Waals surface area contributed by atoms with Crippen LogP contribution in [0.5, 0.6) is 0 Å². The number of anilines is 1. The monoisotopic (exact) mass is 267 g/mol. The number of hydrogen-bond acceptors (Lipinski definition) is 1. The maximum Gasteiger partial charge on any atom is 0.0373 e. The Bertz CT molecular complexity index is 278. The van der Waals surface area contributed by atoms with E-state index in [0.29, 0.717) is 5.92 Å². The van der Waals surface area contributed by atoms with Crippen LogP contribution in [0.25, 0.3) is 0 Å². The Labute approximate surface area is 122 Å². The third kappa shape index (κ3) is 10.6. The van der Waals surface area contributed by atoms with Crippen molar-refractivity contribution in [2.45, 2.75) is 75.7 Å². The molecule has 1 nitrogen and oxygen atoms in total. The van der Waals surface area contributed by atoms with Crippen molar-refractivity contribution in [3.05, 3.63) is 28.8 Å². The second kappa shape index (κ2) is 15.1. The van der Waals surface area contributed by atoms with Crippen molar-refractivity contribution in [3.63, 3.8) is 0 Å². The van der Waals surface area contributed by atoms with Gasteiger partial charge in [0.25, 0.3) is 0 Å². The number of nitrogen functional groups attached to an aromatic ring is 1. The summed E-state index contributed by atoms with van der Waals surface area (Å²) in [4.78, 5) is 0. The largest absolute Gasteiger partial charge is 0.398 e. The molecule has 0 unspecified atom stereocenters. The first-order valence-corrected chi connectivity index (χ1v) is 7.86. The fourth-order valence-electron chi connectivity index (χ4n) is 1.65. The van der Waals surface area contributed by atoms with Crippen LogP contribution in [0.2, 0.25) is 0 Å². The molecule has 0 spiro atoms. The first-order valence-electron chi connectivity index (χ1n) is 7.86. The predicted octanol–water partition coefficient (Wildman–Crippen LogP) is 6.16. The fourth-order valence-corrected chi connectivity index (χ4v) is 1.65. The fraction of sp³-hybridized carbons (Fsp3) is 0.667. The smallest absolute Gasteiger partial charge is 0.0373 e. The van der Waals surface area contributed by atoms with E-state index >= 15 is 0 Å². The van der Waals surface area contributed by atoms with Crippen LogP contribution in [-0.2, 0) is 6.42 Å². The summed E-state index contributed by atoms with van der Waals surface area (Å²) in [7, 11) is 0. The average Bonchev–Trinajstić information content (AvgIpc) is 2.42. The van der Waals surface area contributed by atoms with Crippen molar-refractivity contribution in [2.75, 3.05) is 5.73 Å². The van der Waals surface area contributed by atoms with E-state index in [2.05, 4.69) is 39.8 Å². The van der Waals surface area contributed by atoms with Crippen molar-refractivity contribution in [3.8, 4) is 0 Å². The van der Waals surface area contributed by atoms with Gasteiger partial charge in [-0.1, -0.05) is 67.5 Å². The van der Waals surface area contributed by atoms with E-state index in [1.165, 1.54) is 16.7 Å². The van der Waals surface area contributed by atoms with E-state index in [4.69, 9.17) is 5.73 Å².